The van der Waals surface area contributed by atoms with Gasteiger partial charge in [0, 0.05) is 18.9 Å². The highest BCUT2D eigenvalue weighted by molar-refractivity contribution is 5.96. The van der Waals surface area contributed by atoms with Crippen molar-refractivity contribution in [2.24, 2.45) is 0 Å². The van der Waals surface area contributed by atoms with Crippen LogP contribution in [0.5, 0.6) is 0 Å². The van der Waals surface area contributed by atoms with Crippen molar-refractivity contribution in [3.05, 3.63) is 102 Å². The minimum Gasteiger partial charge on any atom is -0.480 e. The molecule has 0 radical (unpaired) electrons. The largest absolute Gasteiger partial charge is 0.480 e. The highest BCUT2D eigenvalue weighted by Crippen LogP contribution is 2.08. The van der Waals surface area contributed by atoms with E-state index in [4.69, 9.17) is 4.42 Å². The van der Waals surface area contributed by atoms with Gasteiger partial charge in [-0.1, -0.05) is 60.7 Å². The zero-order chi connectivity index (χ0) is 22.8. The van der Waals surface area contributed by atoms with Crippen molar-refractivity contribution >= 4 is 23.9 Å². The fourth-order valence-corrected chi connectivity index (χ4v) is 3.15. The third-order valence-corrected chi connectivity index (χ3v) is 4.76. The fourth-order valence-electron chi connectivity index (χ4n) is 3.15. The Hall–Kier alpha value is -4.13. The van der Waals surface area contributed by atoms with Gasteiger partial charge < -0.3 is 20.2 Å². The predicted molar refractivity (Wildman–Crippen MR) is 120 cm³/mol. The van der Waals surface area contributed by atoms with E-state index in [2.05, 4.69) is 10.6 Å². The average molecular weight is 432 g/mol. The standard InChI is InChI=1S/C25H24N2O5/c28-23(14-13-20-12-7-15-32-20)26-21(16-18-8-3-1-4-9-18)24(29)27-22(25(30)31)17-19-10-5-2-6-11-19/h1-15,21-22H,16-17H2,(H,26,28)(H,27,29)(H,30,31)/b14-13+/t21-,22-/m1/s1. The number of hydrogen-bond acceptors (Lipinski definition) is 4. The molecule has 2 aromatic carbocycles. The monoisotopic (exact) mass is 432 g/mol. The molecule has 1 aromatic heterocycles. The molecule has 32 heavy (non-hydrogen) atoms. The number of aliphatic carboxylic acids is 1. The first-order valence-corrected chi connectivity index (χ1v) is 10.1. The number of furan rings is 1. The van der Waals surface area contributed by atoms with Crippen LogP contribution in [0, 0.1) is 0 Å². The maximum absolute atomic E-state index is 13.0. The summed E-state index contributed by atoms with van der Waals surface area (Å²) < 4.78 is 5.16. The van der Waals surface area contributed by atoms with Gasteiger partial charge in [0.15, 0.2) is 0 Å². The molecule has 0 aliphatic carbocycles. The molecule has 3 rings (SSSR count). The first-order valence-electron chi connectivity index (χ1n) is 10.1. The van der Waals surface area contributed by atoms with Crippen molar-refractivity contribution in [1.82, 2.24) is 10.6 Å². The van der Waals surface area contributed by atoms with Crippen LogP contribution in [0.15, 0.2) is 89.6 Å². The fraction of sp³-hybridized carbons (Fsp3) is 0.160. The molecule has 0 saturated heterocycles. The van der Waals surface area contributed by atoms with Crippen LogP contribution in [0.4, 0.5) is 0 Å². The molecule has 0 saturated carbocycles. The van der Waals surface area contributed by atoms with E-state index in [0.29, 0.717) is 5.76 Å². The lowest BCUT2D eigenvalue weighted by atomic mass is 10.0. The van der Waals surface area contributed by atoms with E-state index in [-0.39, 0.29) is 12.8 Å². The molecule has 7 nitrogen and oxygen atoms in total. The van der Waals surface area contributed by atoms with Gasteiger partial charge in [0.25, 0.3) is 0 Å². The summed E-state index contributed by atoms with van der Waals surface area (Å²) in [5, 5.41) is 14.8. The summed E-state index contributed by atoms with van der Waals surface area (Å²) in [6, 6.07) is 19.5. The van der Waals surface area contributed by atoms with E-state index in [1.807, 2.05) is 36.4 Å². The molecule has 1 heterocycles. The van der Waals surface area contributed by atoms with Crippen molar-refractivity contribution in [2.45, 2.75) is 24.9 Å². The molecule has 0 unspecified atom stereocenters. The Morgan fingerprint density at radius 2 is 1.41 bits per heavy atom. The molecule has 0 aliphatic heterocycles. The van der Waals surface area contributed by atoms with Crippen LogP contribution in [0.3, 0.4) is 0 Å². The molecule has 3 N–H and O–H groups in total. The second-order valence-corrected chi connectivity index (χ2v) is 7.19. The zero-order valence-corrected chi connectivity index (χ0v) is 17.3. The molecule has 164 valence electrons. The predicted octanol–water partition coefficient (Wildman–Crippen LogP) is 2.83. The van der Waals surface area contributed by atoms with Crippen LogP contribution < -0.4 is 10.6 Å². The van der Waals surface area contributed by atoms with Crippen molar-refractivity contribution < 1.29 is 23.9 Å². The van der Waals surface area contributed by atoms with Gasteiger partial charge >= 0.3 is 5.97 Å². The molecular formula is C25H24N2O5. The Labute approximate surface area is 185 Å². The lowest BCUT2D eigenvalue weighted by Gasteiger charge is -2.21. The number of carbonyl (C=O) groups is 3. The number of hydrogen-bond donors (Lipinski definition) is 3. The maximum Gasteiger partial charge on any atom is 0.326 e. The molecule has 0 spiro atoms. The number of benzene rings is 2. The van der Waals surface area contributed by atoms with Crippen molar-refractivity contribution in [3.8, 4) is 0 Å². The third kappa shape index (κ3) is 6.98. The molecule has 7 heteroatoms. The van der Waals surface area contributed by atoms with Crippen LogP contribution in [-0.4, -0.2) is 35.0 Å². The smallest absolute Gasteiger partial charge is 0.326 e. The number of nitrogens with one attached hydrogen (secondary N) is 2. The summed E-state index contributed by atoms with van der Waals surface area (Å²) in [6.45, 7) is 0. The Morgan fingerprint density at radius 3 is 1.94 bits per heavy atom. The van der Waals surface area contributed by atoms with E-state index in [9.17, 15) is 19.5 Å². The highest BCUT2D eigenvalue weighted by Gasteiger charge is 2.26. The Balaban J connectivity index is 1.72. The van der Waals surface area contributed by atoms with Gasteiger partial charge in [0.1, 0.15) is 17.8 Å². The zero-order valence-electron chi connectivity index (χ0n) is 17.3. The summed E-state index contributed by atoms with van der Waals surface area (Å²) >= 11 is 0. The molecule has 0 bridgehead atoms. The van der Waals surface area contributed by atoms with Crippen LogP contribution in [0.2, 0.25) is 0 Å². The third-order valence-electron chi connectivity index (χ3n) is 4.76. The Kier molecular flexibility index (Phi) is 7.97. The van der Waals surface area contributed by atoms with Gasteiger partial charge in [-0.25, -0.2) is 4.79 Å². The topological polar surface area (TPSA) is 109 Å². The van der Waals surface area contributed by atoms with Gasteiger partial charge in [-0.05, 0) is 29.3 Å². The van der Waals surface area contributed by atoms with Gasteiger partial charge in [0.05, 0.1) is 6.26 Å². The van der Waals surface area contributed by atoms with E-state index in [1.54, 1.807) is 36.4 Å². The number of carbonyl (C=O) groups excluding carboxylic acids is 2. The minimum atomic E-state index is -1.15. The van der Waals surface area contributed by atoms with Crippen molar-refractivity contribution in [2.75, 3.05) is 0 Å². The second-order valence-electron chi connectivity index (χ2n) is 7.19. The molecular weight excluding hydrogens is 408 g/mol. The van der Waals surface area contributed by atoms with Crippen LogP contribution in [-0.2, 0) is 27.2 Å². The van der Waals surface area contributed by atoms with E-state index < -0.39 is 29.9 Å². The van der Waals surface area contributed by atoms with E-state index >= 15 is 0 Å². The number of carboxylic acids is 1. The normalized spacial score (nSPS) is 12.8. The first-order chi connectivity index (χ1) is 15.5. The number of amides is 2. The second kappa shape index (κ2) is 11.3. The summed E-state index contributed by atoms with van der Waals surface area (Å²) in [7, 11) is 0. The molecule has 0 aliphatic rings. The number of carboxylic acid groups (broad SMARTS) is 1. The average Bonchev–Trinajstić information content (AvgIpc) is 3.32. The quantitative estimate of drug-likeness (QED) is 0.427. The Morgan fingerprint density at radius 1 is 0.812 bits per heavy atom. The lowest BCUT2D eigenvalue weighted by Crippen LogP contribution is -2.52. The maximum atomic E-state index is 13.0. The molecule has 2 amide bonds. The summed E-state index contributed by atoms with van der Waals surface area (Å²) in [5.41, 5.74) is 1.61. The molecule has 3 aromatic rings. The van der Waals surface area contributed by atoms with Crippen molar-refractivity contribution in [3.63, 3.8) is 0 Å². The Bertz CT molecular complexity index is 1050. The molecule has 2 atom stereocenters. The molecule has 0 fully saturated rings. The van der Waals surface area contributed by atoms with Crippen LogP contribution in [0.25, 0.3) is 6.08 Å². The van der Waals surface area contributed by atoms with Gasteiger partial charge in [0.2, 0.25) is 11.8 Å². The summed E-state index contributed by atoms with van der Waals surface area (Å²) in [5.74, 6) is -1.72. The summed E-state index contributed by atoms with van der Waals surface area (Å²) in [4.78, 5) is 37.2. The minimum absolute atomic E-state index is 0.131. The van der Waals surface area contributed by atoms with Gasteiger partial charge in [-0.3, -0.25) is 9.59 Å². The van der Waals surface area contributed by atoms with Crippen LogP contribution in [0.1, 0.15) is 16.9 Å². The van der Waals surface area contributed by atoms with Crippen LogP contribution >= 0.6 is 0 Å². The SMILES string of the molecule is O=C(/C=C/c1ccco1)N[C@H](Cc1ccccc1)C(=O)N[C@H](Cc1ccccc1)C(=O)O. The van der Waals surface area contributed by atoms with Crippen molar-refractivity contribution in [1.29, 1.82) is 0 Å². The summed E-state index contributed by atoms with van der Waals surface area (Å²) in [6.07, 6.45) is 4.59. The van der Waals surface area contributed by atoms with E-state index in [1.165, 1.54) is 18.4 Å². The number of rotatable bonds is 10. The van der Waals surface area contributed by atoms with E-state index in [0.717, 1.165) is 11.1 Å². The van der Waals surface area contributed by atoms with Gasteiger partial charge in [-0.15, -0.1) is 0 Å². The van der Waals surface area contributed by atoms with Gasteiger partial charge in [-0.2, -0.15) is 0 Å². The first kappa shape index (κ1) is 22.6. The highest BCUT2D eigenvalue weighted by atomic mass is 16.4. The lowest BCUT2D eigenvalue weighted by molar-refractivity contribution is -0.142.